The van der Waals surface area contributed by atoms with Gasteiger partial charge >= 0.3 is 0 Å². The Hall–Kier alpha value is -0.0294. The van der Waals surface area contributed by atoms with E-state index >= 15 is 0 Å². The Labute approximate surface area is 227 Å². The van der Waals surface area contributed by atoms with Crippen LogP contribution in [0.4, 0.5) is 0 Å². The van der Waals surface area contributed by atoms with Crippen LogP contribution in [-0.4, -0.2) is 54.2 Å². The summed E-state index contributed by atoms with van der Waals surface area (Å²) in [6.45, 7) is 32.4. The molecule has 0 radical (unpaired) electrons. The Morgan fingerprint density at radius 1 is 0.833 bits per heavy atom. The van der Waals surface area contributed by atoms with Crippen molar-refractivity contribution in [2.75, 3.05) is 13.2 Å². The summed E-state index contributed by atoms with van der Waals surface area (Å²) in [5.41, 5.74) is 2.68. The van der Waals surface area contributed by atoms with Gasteiger partial charge in [0.2, 0.25) is 0 Å². The minimum absolute atomic E-state index is 0.0228. The minimum atomic E-state index is -2.37. The number of aliphatic hydroxyl groups is 1. The molecule has 2 N–H and O–H groups in total. The molecule has 0 aromatic carbocycles. The van der Waals surface area contributed by atoms with Crippen LogP contribution in [-0.2, 0) is 8.85 Å². The third-order valence-electron chi connectivity index (χ3n) is 9.60. The zero-order chi connectivity index (χ0) is 28.4. The molecule has 0 heterocycles. The van der Waals surface area contributed by atoms with Gasteiger partial charge in [0.15, 0.2) is 25.0 Å². The van der Waals surface area contributed by atoms with Crippen molar-refractivity contribution in [3.8, 4) is 0 Å². The smallest absolute Gasteiger partial charge is 0.192 e. The van der Waals surface area contributed by atoms with E-state index < -0.39 is 25.0 Å². The number of rotatable bonds is 10. The molecule has 1 saturated carbocycles. The molecule has 0 spiro atoms. The highest BCUT2D eigenvalue weighted by Gasteiger charge is 2.45. The summed E-state index contributed by atoms with van der Waals surface area (Å²) < 4.78 is 13.6. The zero-order valence-corrected chi connectivity index (χ0v) is 29.3. The predicted octanol–water partition coefficient (Wildman–Crippen LogP) is 8.41. The van der Waals surface area contributed by atoms with Gasteiger partial charge in [-0.15, -0.1) is 0 Å². The van der Waals surface area contributed by atoms with E-state index in [1.54, 1.807) is 0 Å². The van der Waals surface area contributed by atoms with E-state index in [1.165, 1.54) is 11.1 Å². The average molecular weight is 557 g/mol. The van der Waals surface area contributed by atoms with Crippen LogP contribution in [0, 0.1) is 5.92 Å². The molecular formula is C29H60O4Si3. The largest absolute Gasteiger partial charge is 0.432 e. The molecule has 0 saturated heterocycles. The Bertz CT molecular complexity index is 736. The summed E-state index contributed by atoms with van der Waals surface area (Å²) in [6, 6.07) is 0. The normalized spacial score (nSPS) is 23.6. The molecule has 0 aliphatic heterocycles. The van der Waals surface area contributed by atoms with E-state index in [-0.39, 0.29) is 27.8 Å². The van der Waals surface area contributed by atoms with E-state index in [2.05, 4.69) is 101 Å². The molecule has 1 aliphatic carbocycles. The van der Waals surface area contributed by atoms with Gasteiger partial charge in [0.1, 0.15) is 0 Å². The summed E-state index contributed by atoms with van der Waals surface area (Å²) in [4.78, 5) is 11.1. The second-order valence-electron chi connectivity index (χ2n) is 15.3. The highest BCUT2D eigenvalue weighted by atomic mass is 28.4. The third kappa shape index (κ3) is 9.02. The monoisotopic (exact) mass is 556 g/mol. The summed E-state index contributed by atoms with van der Waals surface area (Å²) >= 11 is 0. The lowest BCUT2D eigenvalue weighted by Crippen LogP contribution is -2.47. The molecule has 212 valence electrons. The van der Waals surface area contributed by atoms with Crippen LogP contribution in [0.3, 0.4) is 0 Å². The first-order chi connectivity index (χ1) is 16.0. The van der Waals surface area contributed by atoms with E-state index in [9.17, 15) is 9.90 Å². The average Bonchev–Trinajstić information content (AvgIpc) is 2.63. The maximum Gasteiger partial charge on any atom is 0.192 e. The molecule has 4 nitrogen and oxygen atoms in total. The van der Waals surface area contributed by atoms with Gasteiger partial charge in [0.05, 0.1) is 12.7 Å². The zero-order valence-electron chi connectivity index (χ0n) is 26.3. The van der Waals surface area contributed by atoms with Gasteiger partial charge < -0.3 is 18.8 Å². The van der Waals surface area contributed by atoms with Crippen molar-refractivity contribution >= 4 is 25.0 Å². The topological polar surface area (TPSA) is 58.9 Å². The standard InChI is InChI=1S/C29H60O4Si3/c1-27(2,3)35(11,12)32-19-15-16-25-24(22-29(7,8)34(9,10)31)20-23(17-18-30)21-26(25)33-36(13,14)28(4,5)6/h16-17,24,26,30-31H,15,18-22H2,1-14H3/b23-17+,25-16+/t24-,26+/m0/s1. The highest BCUT2D eigenvalue weighted by molar-refractivity contribution is 6.74. The van der Waals surface area contributed by atoms with Crippen LogP contribution in [0.5, 0.6) is 0 Å². The maximum atomic E-state index is 11.1. The molecule has 7 heteroatoms. The first kappa shape index (κ1) is 34.0. The summed E-state index contributed by atoms with van der Waals surface area (Å²) in [5, 5.41) is 9.92. The lowest BCUT2D eigenvalue weighted by atomic mass is 9.75. The lowest BCUT2D eigenvalue weighted by molar-refractivity contribution is 0.178. The first-order valence-electron chi connectivity index (χ1n) is 14.0. The van der Waals surface area contributed by atoms with Crippen molar-refractivity contribution in [1.82, 2.24) is 0 Å². The van der Waals surface area contributed by atoms with Crippen molar-refractivity contribution in [1.29, 1.82) is 0 Å². The Morgan fingerprint density at radius 2 is 1.36 bits per heavy atom. The Balaban J connectivity index is 3.40. The SMILES string of the molecule is CC(C)(C[C@@H]1C/C(=C\CO)C[C@@H](O[Si](C)(C)C(C)(C)C)/C1=C/CCO[Si](C)(C)C(C)(C)C)[Si](C)(C)O. The molecule has 1 rings (SSSR count). The molecule has 1 aliphatic rings. The molecule has 36 heavy (non-hydrogen) atoms. The summed E-state index contributed by atoms with van der Waals surface area (Å²) in [7, 11) is -6.17. The summed E-state index contributed by atoms with van der Waals surface area (Å²) in [6.07, 6.45) is 8.01. The van der Waals surface area contributed by atoms with Gasteiger partial charge in [-0.05, 0) is 91.6 Å². The van der Waals surface area contributed by atoms with Gasteiger partial charge in [0.25, 0.3) is 0 Å². The molecular weight excluding hydrogens is 497 g/mol. The van der Waals surface area contributed by atoms with Crippen LogP contribution < -0.4 is 0 Å². The van der Waals surface area contributed by atoms with Crippen molar-refractivity contribution in [2.45, 2.75) is 142 Å². The van der Waals surface area contributed by atoms with E-state index in [0.717, 1.165) is 32.3 Å². The van der Waals surface area contributed by atoms with Crippen LogP contribution in [0.2, 0.25) is 54.4 Å². The molecule has 1 fully saturated rings. The van der Waals surface area contributed by atoms with Crippen molar-refractivity contribution in [2.24, 2.45) is 5.92 Å². The predicted molar refractivity (Wildman–Crippen MR) is 164 cm³/mol. The summed E-state index contributed by atoms with van der Waals surface area (Å²) in [5.74, 6) is 0.299. The van der Waals surface area contributed by atoms with Crippen LogP contribution in [0.15, 0.2) is 23.3 Å². The first-order valence-corrected chi connectivity index (χ1v) is 22.7. The number of aliphatic hydroxyl groups excluding tert-OH is 1. The Kier molecular flexibility index (Phi) is 11.3. The minimum Gasteiger partial charge on any atom is -0.432 e. The van der Waals surface area contributed by atoms with Crippen molar-refractivity contribution in [3.05, 3.63) is 23.3 Å². The molecule has 0 aromatic heterocycles. The fraction of sp³-hybridized carbons (Fsp3) is 0.862. The second kappa shape index (κ2) is 12.0. The fourth-order valence-electron chi connectivity index (χ4n) is 4.18. The molecule has 0 amide bonds. The highest BCUT2D eigenvalue weighted by Crippen LogP contribution is 2.49. The van der Waals surface area contributed by atoms with Gasteiger partial charge in [-0.2, -0.15) is 0 Å². The van der Waals surface area contributed by atoms with Crippen LogP contribution in [0.25, 0.3) is 0 Å². The van der Waals surface area contributed by atoms with E-state index in [1.807, 2.05) is 6.08 Å². The van der Waals surface area contributed by atoms with Crippen molar-refractivity contribution < 1.29 is 18.8 Å². The van der Waals surface area contributed by atoms with Gasteiger partial charge in [-0.25, -0.2) is 0 Å². The van der Waals surface area contributed by atoms with Gasteiger partial charge in [-0.1, -0.05) is 73.1 Å². The number of hydrogen-bond donors (Lipinski definition) is 2. The molecule has 0 aromatic rings. The van der Waals surface area contributed by atoms with Crippen molar-refractivity contribution in [3.63, 3.8) is 0 Å². The van der Waals surface area contributed by atoms with E-state index in [4.69, 9.17) is 8.85 Å². The molecule has 2 atom stereocenters. The lowest BCUT2D eigenvalue weighted by Gasteiger charge is -2.46. The molecule has 0 bridgehead atoms. The van der Waals surface area contributed by atoms with E-state index in [0.29, 0.717) is 5.92 Å². The second-order valence-corrected chi connectivity index (χ2v) is 29.3. The quantitative estimate of drug-likeness (QED) is 0.161. The third-order valence-corrected chi connectivity index (χ3v) is 22.1. The Morgan fingerprint density at radius 3 is 1.81 bits per heavy atom. The van der Waals surface area contributed by atoms with Gasteiger partial charge in [0, 0.05) is 6.61 Å². The van der Waals surface area contributed by atoms with Crippen LogP contribution in [0.1, 0.15) is 81.1 Å². The van der Waals surface area contributed by atoms with Gasteiger partial charge in [-0.3, -0.25) is 0 Å². The maximum absolute atomic E-state index is 11.1. The van der Waals surface area contributed by atoms with Crippen LogP contribution >= 0.6 is 0 Å². The fourth-order valence-corrected chi connectivity index (χ4v) is 7.28. The molecule has 0 unspecified atom stereocenters. The number of hydrogen-bond acceptors (Lipinski definition) is 4.